The summed E-state index contributed by atoms with van der Waals surface area (Å²) in [6, 6.07) is 0. The summed E-state index contributed by atoms with van der Waals surface area (Å²) in [5.74, 6) is 2.38. The molecule has 2 aromatic rings. The maximum atomic E-state index is 13.9. The van der Waals surface area contributed by atoms with Crippen LogP contribution in [0.1, 0.15) is 30.0 Å². The fraction of sp³-hybridized carbons (Fsp3) is 0.273. The third-order valence-electron chi connectivity index (χ3n) is 2.79. The van der Waals surface area contributed by atoms with Gasteiger partial charge in [0.15, 0.2) is 5.82 Å². The lowest BCUT2D eigenvalue weighted by Crippen LogP contribution is -2.03. The van der Waals surface area contributed by atoms with E-state index in [-0.39, 0.29) is 5.95 Å². The van der Waals surface area contributed by atoms with Crippen LogP contribution >= 0.6 is 0 Å². The number of aromatic nitrogens is 3. The molecular formula is C11H9FN4. The van der Waals surface area contributed by atoms with Crippen LogP contribution in [-0.4, -0.2) is 14.6 Å². The Balaban J connectivity index is 2.43. The van der Waals surface area contributed by atoms with E-state index in [0.717, 1.165) is 18.5 Å². The van der Waals surface area contributed by atoms with E-state index in [1.807, 2.05) is 0 Å². The lowest BCUT2D eigenvalue weighted by atomic mass is 10.2. The molecule has 0 bridgehead atoms. The van der Waals surface area contributed by atoms with Crippen molar-refractivity contribution in [1.82, 2.24) is 14.6 Å². The van der Waals surface area contributed by atoms with Gasteiger partial charge in [0.25, 0.3) is 0 Å². The molecule has 0 unspecified atom stereocenters. The van der Waals surface area contributed by atoms with E-state index in [1.54, 1.807) is 0 Å². The van der Waals surface area contributed by atoms with Crippen LogP contribution in [0.4, 0.5) is 10.3 Å². The van der Waals surface area contributed by atoms with Crippen molar-refractivity contribution in [3.8, 4) is 12.3 Å². The summed E-state index contributed by atoms with van der Waals surface area (Å²) in [4.78, 5) is 3.77. The largest absolute Gasteiger partial charge is 0.367 e. The van der Waals surface area contributed by atoms with Gasteiger partial charge in [0.2, 0.25) is 5.95 Å². The lowest BCUT2D eigenvalue weighted by Gasteiger charge is -1.99. The van der Waals surface area contributed by atoms with Gasteiger partial charge < -0.3 is 5.73 Å². The van der Waals surface area contributed by atoms with Crippen molar-refractivity contribution < 1.29 is 4.39 Å². The highest BCUT2D eigenvalue weighted by Crippen LogP contribution is 2.43. The maximum Gasteiger partial charge on any atom is 0.238 e. The summed E-state index contributed by atoms with van der Waals surface area (Å²) in [5.41, 5.74) is 6.84. The molecule has 0 aliphatic heterocycles. The number of hydrogen-bond donors (Lipinski definition) is 1. The van der Waals surface area contributed by atoms with Crippen molar-refractivity contribution in [2.45, 2.75) is 18.8 Å². The van der Waals surface area contributed by atoms with Crippen molar-refractivity contribution in [3.05, 3.63) is 23.3 Å². The van der Waals surface area contributed by atoms with Crippen LogP contribution in [0, 0.1) is 18.2 Å². The zero-order chi connectivity index (χ0) is 11.3. The van der Waals surface area contributed by atoms with E-state index in [0.29, 0.717) is 17.0 Å². The molecule has 2 aromatic heterocycles. The molecule has 1 aliphatic rings. The molecule has 3 rings (SSSR count). The topological polar surface area (TPSA) is 56.2 Å². The third kappa shape index (κ3) is 1.10. The normalized spacial score (nSPS) is 15.2. The molecule has 0 aromatic carbocycles. The number of nitrogens with zero attached hydrogens (tertiary/aromatic N) is 3. The first kappa shape index (κ1) is 9.16. The van der Waals surface area contributed by atoms with E-state index in [9.17, 15) is 4.39 Å². The van der Waals surface area contributed by atoms with Crippen molar-refractivity contribution in [2.24, 2.45) is 0 Å². The van der Waals surface area contributed by atoms with Crippen LogP contribution < -0.4 is 5.73 Å². The van der Waals surface area contributed by atoms with Gasteiger partial charge in [0, 0.05) is 5.92 Å². The Kier molecular flexibility index (Phi) is 1.69. The number of nitrogen functional groups attached to an aromatic ring is 1. The quantitative estimate of drug-likeness (QED) is 0.731. The smallest absolute Gasteiger partial charge is 0.238 e. The van der Waals surface area contributed by atoms with E-state index < -0.39 is 5.82 Å². The molecule has 2 N–H and O–H groups in total. The summed E-state index contributed by atoms with van der Waals surface area (Å²) in [6.45, 7) is 0. The predicted octanol–water partition coefficient (Wildman–Crippen LogP) is 1.31. The summed E-state index contributed by atoms with van der Waals surface area (Å²) >= 11 is 0. The van der Waals surface area contributed by atoms with Gasteiger partial charge in [0.05, 0.1) is 17.5 Å². The number of hydrogen-bond acceptors (Lipinski definition) is 3. The SMILES string of the molecule is C#Cc1c(F)c2cnc(N)nn2c1C1CC1. The Morgan fingerprint density at radius 3 is 2.94 bits per heavy atom. The van der Waals surface area contributed by atoms with Crippen molar-refractivity contribution in [2.75, 3.05) is 5.73 Å². The summed E-state index contributed by atoms with van der Waals surface area (Å²) in [6.07, 6.45) is 8.74. The molecule has 80 valence electrons. The fourth-order valence-corrected chi connectivity index (χ4v) is 1.91. The zero-order valence-electron chi connectivity index (χ0n) is 8.44. The van der Waals surface area contributed by atoms with Gasteiger partial charge in [-0.3, -0.25) is 0 Å². The molecule has 2 heterocycles. The molecule has 1 fully saturated rings. The summed E-state index contributed by atoms with van der Waals surface area (Å²) < 4.78 is 15.4. The van der Waals surface area contributed by atoms with Gasteiger partial charge in [-0.25, -0.2) is 13.9 Å². The molecule has 1 aliphatic carbocycles. The minimum Gasteiger partial charge on any atom is -0.367 e. The first-order chi connectivity index (χ1) is 7.72. The van der Waals surface area contributed by atoms with Crippen LogP contribution in [0.2, 0.25) is 0 Å². The number of anilines is 1. The monoisotopic (exact) mass is 216 g/mol. The van der Waals surface area contributed by atoms with E-state index in [4.69, 9.17) is 12.2 Å². The van der Waals surface area contributed by atoms with Gasteiger partial charge in [-0.15, -0.1) is 11.5 Å². The third-order valence-corrected chi connectivity index (χ3v) is 2.79. The second-order valence-electron chi connectivity index (χ2n) is 3.91. The first-order valence-electron chi connectivity index (χ1n) is 5.01. The summed E-state index contributed by atoms with van der Waals surface area (Å²) in [7, 11) is 0. The van der Waals surface area contributed by atoms with Gasteiger partial charge in [-0.1, -0.05) is 5.92 Å². The maximum absolute atomic E-state index is 13.9. The number of halogens is 1. The molecule has 1 saturated carbocycles. The highest BCUT2D eigenvalue weighted by Gasteiger charge is 2.32. The molecule has 16 heavy (non-hydrogen) atoms. The average Bonchev–Trinajstić information content (AvgIpc) is 3.05. The molecule has 0 spiro atoms. The molecule has 5 heteroatoms. The zero-order valence-corrected chi connectivity index (χ0v) is 8.44. The minimum absolute atomic E-state index is 0.118. The second kappa shape index (κ2) is 2.95. The molecule has 4 nitrogen and oxygen atoms in total. The van der Waals surface area contributed by atoms with Crippen LogP contribution in [0.25, 0.3) is 5.52 Å². The van der Waals surface area contributed by atoms with E-state index in [1.165, 1.54) is 10.7 Å². The Morgan fingerprint density at radius 1 is 1.56 bits per heavy atom. The Labute approximate surface area is 91.3 Å². The fourth-order valence-electron chi connectivity index (χ4n) is 1.91. The standard InChI is InChI=1S/C11H9FN4/c1-2-7-9(12)8-5-14-11(13)15-16(8)10(7)6-3-4-6/h1,5-6H,3-4H2,(H2,13,15). The second-order valence-corrected chi connectivity index (χ2v) is 3.91. The van der Waals surface area contributed by atoms with Gasteiger partial charge in [-0.2, -0.15) is 0 Å². The number of fused-ring (bicyclic) bond motifs is 1. The van der Waals surface area contributed by atoms with Crippen molar-refractivity contribution in [1.29, 1.82) is 0 Å². The highest BCUT2D eigenvalue weighted by atomic mass is 19.1. The first-order valence-corrected chi connectivity index (χ1v) is 5.01. The predicted molar refractivity (Wildman–Crippen MR) is 57.3 cm³/mol. The van der Waals surface area contributed by atoms with Gasteiger partial charge in [0.1, 0.15) is 5.52 Å². The van der Waals surface area contributed by atoms with Crippen molar-refractivity contribution in [3.63, 3.8) is 0 Å². The van der Waals surface area contributed by atoms with Crippen LogP contribution in [-0.2, 0) is 0 Å². The van der Waals surface area contributed by atoms with E-state index in [2.05, 4.69) is 16.0 Å². The van der Waals surface area contributed by atoms with Crippen molar-refractivity contribution >= 4 is 11.5 Å². The molecule has 0 atom stereocenters. The number of nitrogens with two attached hydrogens (primary N) is 1. The van der Waals surface area contributed by atoms with Gasteiger partial charge in [-0.05, 0) is 12.8 Å². The average molecular weight is 216 g/mol. The lowest BCUT2D eigenvalue weighted by molar-refractivity contribution is 0.635. The molecule has 0 saturated heterocycles. The molecule has 0 radical (unpaired) electrons. The Morgan fingerprint density at radius 2 is 2.31 bits per heavy atom. The number of rotatable bonds is 1. The molecule has 0 amide bonds. The van der Waals surface area contributed by atoms with E-state index >= 15 is 0 Å². The minimum atomic E-state index is -0.426. The highest BCUT2D eigenvalue weighted by molar-refractivity contribution is 5.59. The number of terminal acetylenes is 1. The van der Waals surface area contributed by atoms with Crippen LogP contribution in [0.5, 0.6) is 0 Å². The van der Waals surface area contributed by atoms with Crippen LogP contribution in [0.3, 0.4) is 0 Å². The van der Waals surface area contributed by atoms with Gasteiger partial charge >= 0.3 is 0 Å². The summed E-state index contributed by atoms with van der Waals surface area (Å²) in [5, 5.41) is 4.01. The van der Waals surface area contributed by atoms with Crippen LogP contribution in [0.15, 0.2) is 6.20 Å². The Bertz CT molecular complexity index is 619. The molecular weight excluding hydrogens is 207 g/mol. The Hall–Kier alpha value is -2.09.